The highest BCUT2D eigenvalue weighted by Gasteiger charge is 2.41. The number of hydrogen-bond acceptors (Lipinski definition) is 4. The van der Waals surface area contributed by atoms with E-state index in [1.807, 2.05) is 11.8 Å². The van der Waals surface area contributed by atoms with E-state index in [2.05, 4.69) is 5.32 Å². The molecule has 0 bridgehead atoms. The van der Waals surface area contributed by atoms with E-state index in [1.165, 1.54) is 0 Å². The number of likely N-dealkylation sites (tertiary alicyclic amines) is 1. The Morgan fingerprint density at radius 2 is 2.10 bits per heavy atom. The lowest BCUT2D eigenvalue weighted by Gasteiger charge is -2.39. The number of carboxylic acid groups (broad SMARTS) is 1. The molecule has 0 saturated carbocycles. The number of morpholine rings is 1. The van der Waals surface area contributed by atoms with Crippen molar-refractivity contribution in [3.63, 3.8) is 0 Å². The topological polar surface area (TPSA) is 78.9 Å². The van der Waals surface area contributed by atoms with E-state index >= 15 is 0 Å². The standard InChI is InChI=1S/C15H26N2O4/c1-2-3-15(14(19)20)4-7-17(8-5-15)13(18)10-12-11-21-9-6-16-12/h12,16H,2-11H2,1H3,(H,19,20). The number of nitrogens with one attached hydrogen (secondary N) is 1. The zero-order chi connectivity index (χ0) is 15.3. The highest BCUT2D eigenvalue weighted by Crippen LogP contribution is 2.36. The van der Waals surface area contributed by atoms with Gasteiger partial charge >= 0.3 is 5.97 Å². The third kappa shape index (κ3) is 3.95. The van der Waals surface area contributed by atoms with Crippen molar-refractivity contribution >= 4 is 11.9 Å². The van der Waals surface area contributed by atoms with E-state index in [4.69, 9.17) is 4.74 Å². The maximum atomic E-state index is 12.3. The fourth-order valence-electron chi connectivity index (χ4n) is 3.32. The number of ether oxygens (including phenoxy) is 1. The lowest BCUT2D eigenvalue weighted by molar-refractivity contribution is -0.155. The van der Waals surface area contributed by atoms with Crippen LogP contribution in [0.25, 0.3) is 0 Å². The average Bonchev–Trinajstić information content (AvgIpc) is 2.49. The number of aliphatic carboxylic acids is 1. The number of amides is 1. The molecule has 1 unspecified atom stereocenters. The number of carbonyl (C=O) groups is 2. The van der Waals surface area contributed by atoms with Crippen LogP contribution in [0.2, 0.25) is 0 Å². The lowest BCUT2D eigenvalue weighted by Crippen LogP contribution is -2.49. The van der Waals surface area contributed by atoms with Crippen molar-refractivity contribution < 1.29 is 19.4 Å². The van der Waals surface area contributed by atoms with E-state index in [0.717, 1.165) is 13.0 Å². The van der Waals surface area contributed by atoms with Crippen LogP contribution in [-0.4, -0.2) is 60.8 Å². The first-order chi connectivity index (χ1) is 10.1. The van der Waals surface area contributed by atoms with Crippen LogP contribution in [0, 0.1) is 5.41 Å². The average molecular weight is 298 g/mol. The largest absolute Gasteiger partial charge is 0.481 e. The van der Waals surface area contributed by atoms with Crippen LogP contribution < -0.4 is 5.32 Å². The van der Waals surface area contributed by atoms with Gasteiger partial charge in [0.05, 0.1) is 18.6 Å². The molecule has 2 fully saturated rings. The fourth-order valence-corrected chi connectivity index (χ4v) is 3.32. The number of rotatable bonds is 5. The predicted molar refractivity (Wildman–Crippen MR) is 78.0 cm³/mol. The molecule has 2 heterocycles. The summed E-state index contributed by atoms with van der Waals surface area (Å²) in [5.41, 5.74) is -0.627. The molecule has 2 saturated heterocycles. The van der Waals surface area contributed by atoms with Gasteiger partial charge in [0.1, 0.15) is 0 Å². The Bertz CT molecular complexity index is 372. The minimum Gasteiger partial charge on any atom is -0.481 e. The number of carbonyl (C=O) groups excluding carboxylic acids is 1. The van der Waals surface area contributed by atoms with Gasteiger partial charge in [-0.05, 0) is 19.3 Å². The molecule has 0 aromatic heterocycles. The highest BCUT2D eigenvalue weighted by molar-refractivity contribution is 5.78. The van der Waals surface area contributed by atoms with Crippen LogP contribution in [0.15, 0.2) is 0 Å². The Hall–Kier alpha value is -1.14. The summed E-state index contributed by atoms with van der Waals surface area (Å²) in [5.74, 6) is -0.604. The summed E-state index contributed by atoms with van der Waals surface area (Å²) in [6.45, 7) is 5.19. The predicted octanol–water partition coefficient (Wildman–Crippen LogP) is 0.858. The van der Waals surface area contributed by atoms with Gasteiger partial charge in [-0.1, -0.05) is 13.3 Å². The molecule has 1 atom stereocenters. The molecule has 1 amide bonds. The van der Waals surface area contributed by atoms with Gasteiger partial charge in [-0.15, -0.1) is 0 Å². The molecule has 0 aliphatic carbocycles. The summed E-state index contributed by atoms with van der Waals surface area (Å²) >= 11 is 0. The van der Waals surface area contributed by atoms with Gasteiger partial charge in [-0.2, -0.15) is 0 Å². The summed E-state index contributed by atoms with van der Waals surface area (Å²) in [6.07, 6.45) is 3.13. The highest BCUT2D eigenvalue weighted by atomic mass is 16.5. The molecule has 0 spiro atoms. The van der Waals surface area contributed by atoms with Crippen molar-refractivity contribution in [2.24, 2.45) is 5.41 Å². The monoisotopic (exact) mass is 298 g/mol. The molecule has 2 rings (SSSR count). The zero-order valence-electron chi connectivity index (χ0n) is 12.8. The Balaban J connectivity index is 1.84. The number of hydrogen-bond donors (Lipinski definition) is 2. The summed E-state index contributed by atoms with van der Waals surface area (Å²) < 4.78 is 5.36. The molecule has 2 aliphatic rings. The van der Waals surface area contributed by atoms with E-state index in [-0.39, 0.29) is 11.9 Å². The maximum absolute atomic E-state index is 12.3. The van der Waals surface area contributed by atoms with E-state index < -0.39 is 11.4 Å². The molecule has 2 aliphatic heterocycles. The zero-order valence-corrected chi connectivity index (χ0v) is 12.8. The van der Waals surface area contributed by atoms with E-state index in [1.54, 1.807) is 0 Å². The molecule has 0 aromatic carbocycles. The Labute approximate surface area is 125 Å². The van der Waals surface area contributed by atoms with Crippen molar-refractivity contribution in [3.8, 4) is 0 Å². The quantitative estimate of drug-likeness (QED) is 0.787. The van der Waals surface area contributed by atoms with Crippen LogP contribution in [0.3, 0.4) is 0 Å². The van der Waals surface area contributed by atoms with E-state index in [9.17, 15) is 14.7 Å². The summed E-state index contributed by atoms with van der Waals surface area (Å²) in [6, 6.07) is 0.0908. The number of nitrogens with zero attached hydrogens (tertiary/aromatic N) is 1. The molecule has 6 nitrogen and oxygen atoms in total. The lowest BCUT2D eigenvalue weighted by atomic mass is 9.75. The molecular weight excluding hydrogens is 272 g/mol. The Kier molecular flexibility index (Phi) is 5.58. The van der Waals surface area contributed by atoms with Crippen molar-refractivity contribution in [3.05, 3.63) is 0 Å². The van der Waals surface area contributed by atoms with E-state index in [0.29, 0.717) is 52.0 Å². The van der Waals surface area contributed by atoms with Gasteiger partial charge in [0.25, 0.3) is 0 Å². The second-order valence-corrected chi connectivity index (χ2v) is 6.15. The normalized spacial score (nSPS) is 25.6. The van der Waals surface area contributed by atoms with Crippen LogP contribution in [-0.2, 0) is 14.3 Å². The van der Waals surface area contributed by atoms with Gasteiger partial charge < -0.3 is 20.1 Å². The first-order valence-corrected chi connectivity index (χ1v) is 7.90. The molecule has 6 heteroatoms. The number of piperidine rings is 1. The van der Waals surface area contributed by atoms with Crippen LogP contribution in [0.5, 0.6) is 0 Å². The minimum absolute atomic E-state index is 0.0908. The molecule has 120 valence electrons. The van der Waals surface area contributed by atoms with Crippen molar-refractivity contribution in [2.45, 2.75) is 45.1 Å². The van der Waals surface area contributed by atoms with Crippen molar-refractivity contribution in [1.82, 2.24) is 10.2 Å². The molecule has 0 radical (unpaired) electrons. The second kappa shape index (κ2) is 7.22. The molecule has 21 heavy (non-hydrogen) atoms. The van der Waals surface area contributed by atoms with Crippen LogP contribution in [0.1, 0.15) is 39.0 Å². The molecular formula is C15H26N2O4. The van der Waals surface area contributed by atoms with Gasteiger partial charge in [-0.25, -0.2) is 0 Å². The SMILES string of the molecule is CCCC1(C(=O)O)CCN(C(=O)CC2COCCN2)CC1. The Morgan fingerprint density at radius 3 is 2.62 bits per heavy atom. The molecule has 0 aromatic rings. The maximum Gasteiger partial charge on any atom is 0.309 e. The third-order valence-electron chi connectivity index (χ3n) is 4.67. The summed E-state index contributed by atoms with van der Waals surface area (Å²) in [4.78, 5) is 25.6. The fraction of sp³-hybridized carbons (Fsp3) is 0.867. The van der Waals surface area contributed by atoms with Crippen LogP contribution >= 0.6 is 0 Å². The van der Waals surface area contributed by atoms with Gasteiger partial charge in [0, 0.05) is 32.1 Å². The van der Waals surface area contributed by atoms with Gasteiger partial charge in [-0.3, -0.25) is 9.59 Å². The third-order valence-corrected chi connectivity index (χ3v) is 4.67. The molecule has 2 N–H and O–H groups in total. The first-order valence-electron chi connectivity index (χ1n) is 7.90. The summed E-state index contributed by atoms with van der Waals surface area (Å²) in [7, 11) is 0. The van der Waals surface area contributed by atoms with Gasteiger partial charge in [0.2, 0.25) is 5.91 Å². The van der Waals surface area contributed by atoms with Crippen molar-refractivity contribution in [2.75, 3.05) is 32.8 Å². The summed E-state index contributed by atoms with van der Waals surface area (Å²) in [5, 5.41) is 12.8. The number of carboxylic acids is 1. The smallest absolute Gasteiger partial charge is 0.309 e. The van der Waals surface area contributed by atoms with Crippen molar-refractivity contribution in [1.29, 1.82) is 0 Å². The van der Waals surface area contributed by atoms with Crippen LogP contribution in [0.4, 0.5) is 0 Å². The second-order valence-electron chi connectivity index (χ2n) is 6.15. The Morgan fingerprint density at radius 1 is 1.38 bits per heavy atom. The minimum atomic E-state index is -0.709. The van der Waals surface area contributed by atoms with Gasteiger partial charge in [0.15, 0.2) is 0 Å². The first kappa shape index (κ1) is 16.2.